The fraction of sp³-hybridized carbons (Fsp3) is 0.316. The maximum Gasteiger partial charge on any atom is 0.119 e. The minimum absolute atomic E-state index is 0.0132. The SMILES string of the molecule is CC(C)Oc1ccc([C@@H](CC(=O)[O-])Cc2ccccc2)cc1. The van der Waals surface area contributed by atoms with Crippen LogP contribution < -0.4 is 9.84 Å². The van der Waals surface area contributed by atoms with Crippen molar-refractivity contribution in [3.8, 4) is 5.75 Å². The Bertz CT molecular complexity index is 588. The van der Waals surface area contributed by atoms with Crippen molar-refractivity contribution in [2.45, 2.75) is 38.7 Å². The number of hydrogen-bond donors (Lipinski definition) is 0. The summed E-state index contributed by atoms with van der Waals surface area (Å²) in [6.45, 7) is 3.95. The molecule has 0 unspecified atom stereocenters. The molecule has 3 heteroatoms. The highest BCUT2D eigenvalue weighted by molar-refractivity contribution is 5.65. The van der Waals surface area contributed by atoms with Gasteiger partial charge in [0.25, 0.3) is 0 Å². The van der Waals surface area contributed by atoms with Gasteiger partial charge in [-0.15, -0.1) is 0 Å². The average molecular weight is 297 g/mol. The molecule has 0 aliphatic carbocycles. The number of rotatable bonds is 7. The molecule has 0 saturated carbocycles. The summed E-state index contributed by atoms with van der Waals surface area (Å²) in [5.41, 5.74) is 2.11. The van der Waals surface area contributed by atoms with Gasteiger partial charge in [-0.25, -0.2) is 0 Å². The first kappa shape index (κ1) is 16.1. The zero-order valence-corrected chi connectivity index (χ0v) is 13.0. The average Bonchev–Trinajstić information content (AvgIpc) is 2.47. The van der Waals surface area contributed by atoms with E-state index in [0.717, 1.165) is 16.9 Å². The summed E-state index contributed by atoms with van der Waals surface area (Å²) in [4.78, 5) is 11.0. The molecular formula is C19H21O3-. The minimum Gasteiger partial charge on any atom is -0.550 e. The minimum atomic E-state index is -1.02. The third-order valence-corrected chi connectivity index (χ3v) is 3.46. The van der Waals surface area contributed by atoms with Crippen LogP contribution in [0.1, 0.15) is 37.3 Å². The molecule has 0 aliphatic rings. The molecule has 116 valence electrons. The molecule has 0 spiro atoms. The molecule has 2 aromatic rings. The van der Waals surface area contributed by atoms with Gasteiger partial charge in [-0.1, -0.05) is 42.5 Å². The summed E-state index contributed by atoms with van der Waals surface area (Å²) < 4.78 is 5.62. The third kappa shape index (κ3) is 4.92. The van der Waals surface area contributed by atoms with Gasteiger partial charge in [0.15, 0.2) is 0 Å². The molecule has 0 radical (unpaired) electrons. The van der Waals surface area contributed by atoms with E-state index in [1.807, 2.05) is 68.4 Å². The highest BCUT2D eigenvalue weighted by atomic mass is 16.5. The standard InChI is InChI=1S/C19H22O3/c1-14(2)22-18-10-8-16(9-11-18)17(13-19(20)21)12-15-6-4-3-5-7-15/h3-11,14,17H,12-13H2,1-2H3,(H,20,21)/p-1/t17-/m1/s1. The topological polar surface area (TPSA) is 49.4 Å². The molecule has 0 heterocycles. The van der Waals surface area contributed by atoms with Crippen LogP contribution in [0.3, 0.4) is 0 Å². The van der Waals surface area contributed by atoms with Crippen molar-refractivity contribution in [3.05, 3.63) is 65.7 Å². The highest BCUT2D eigenvalue weighted by Gasteiger charge is 2.13. The van der Waals surface area contributed by atoms with E-state index in [2.05, 4.69) is 0 Å². The lowest BCUT2D eigenvalue weighted by atomic mass is 9.89. The molecule has 2 rings (SSSR count). The van der Waals surface area contributed by atoms with Gasteiger partial charge in [0.1, 0.15) is 5.75 Å². The van der Waals surface area contributed by atoms with Gasteiger partial charge in [-0.05, 0) is 55.9 Å². The van der Waals surface area contributed by atoms with Gasteiger partial charge >= 0.3 is 0 Å². The molecule has 0 amide bonds. The first-order valence-electron chi connectivity index (χ1n) is 7.55. The lowest BCUT2D eigenvalue weighted by Gasteiger charge is -2.19. The van der Waals surface area contributed by atoms with Gasteiger partial charge in [-0.2, -0.15) is 0 Å². The molecule has 0 N–H and O–H groups in total. The summed E-state index contributed by atoms with van der Waals surface area (Å²) in [6, 6.07) is 17.6. The Labute approximate surface area is 131 Å². The van der Waals surface area contributed by atoms with E-state index in [1.165, 1.54) is 0 Å². The molecule has 0 saturated heterocycles. The lowest BCUT2D eigenvalue weighted by Crippen LogP contribution is -2.25. The van der Waals surface area contributed by atoms with Crippen LogP contribution in [0.5, 0.6) is 5.75 Å². The number of carboxylic acid groups (broad SMARTS) is 1. The molecule has 0 fully saturated rings. The van der Waals surface area contributed by atoms with Crippen LogP contribution in [-0.4, -0.2) is 12.1 Å². The van der Waals surface area contributed by atoms with Crippen molar-refractivity contribution in [2.24, 2.45) is 0 Å². The molecule has 1 atom stereocenters. The van der Waals surface area contributed by atoms with Gasteiger partial charge in [0, 0.05) is 5.97 Å². The number of hydrogen-bond acceptors (Lipinski definition) is 3. The number of aliphatic carboxylic acids is 1. The Morgan fingerprint density at radius 1 is 1.05 bits per heavy atom. The lowest BCUT2D eigenvalue weighted by molar-refractivity contribution is -0.306. The van der Waals surface area contributed by atoms with Crippen molar-refractivity contribution in [3.63, 3.8) is 0 Å². The van der Waals surface area contributed by atoms with Crippen molar-refractivity contribution in [2.75, 3.05) is 0 Å². The molecule has 0 bridgehead atoms. The van der Waals surface area contributed by atoms with E-state index >= 15 is 0 Å². The molecule has 3 nitrogen and oxygen atoms in total. The van der Waals surface area contributed by atoms with Crippen LogP contribution >= 0.6 is 0 Å². The van der Waals surface area contributed by atoms with E-state index in [-0.39, 0.29) is 18.4 Å². The van der Waals surface area contributed by atoms with Crippen LogP contribution in [0.15, 0.2) is 54.6 Å². The number of ether oxygens (including phenoxy) is 1. The van der Waals surface area contributed by atoms with Crippen LogP contribution in [0.2, 0.25) is 0 Å². The maximum absolute atomic E-state index is 11.0. The Balaban J connectivity index is 2.16. The maximum atomic E-state index is 11.0. The van der Waals surface area contributed by atoms with Gasteiger partial charge < -0.3 is 14.6 Å². The summed E-state index contributed by atoms with van der Waals surface area (Å²) in [6.07, 6.45) is 0.813. The Kier molecular flexibility index (Phi) is 5.59. The molecular weight excluding hydrogens is 276 g/mol. The Morgan fingerprint density at radius 3 is 2.23 bits per heavy atom. The summed E-state index contributed by atoms with van der Waals surface area (Å²) >= 11 is 0. The predicted molar refractivity (Wildman–Crippen MR) is 84.7 cm³/mol. The third-order valence-electron chi connectivity index (χ3n) is 3.46. The van der Waals surface area contributed by atoms with E-state index < -0.39 is 5.97 Å². The van der Waals surface area contributed by atoms with Crippen molar-refractivity contribution in [1.29, 1.82) is 0 Å². The van der Waals surface area contributed by atoms with Crippen LogP contribution in [0.25, 0.3) is 0 Å². The van der Waals surface area contributed by atoms with E-state index in [0.29, 0.717) is 6.42 Å². The van der Waals surface area contributed by atoms with Crippen molar-refractivity contribution < 1.29 is 14.6 Å². The zero-order valence-electron chi connectivity index (χ0n) is 13.0. The second-order valence-corrected chi connectivity index (χ2v) is 5.70. The molecule has 0 aliphatic heterocycles. The van der Waals surface area contributed by atoms with Crippen molar-refractivity contribution in [1.82, 2.24) is 0 Å². The van der Waals surface area contributed by atoms with Gasteiger partial charge in [-0.3, -0.25) is 0 Å². The van der Waals surface area contributed by atoms with E-state index in [4.69, 9.17) is 4.74 Å². The van der Waals surface area contributed by atoms with Crippen LogP contribution in [0, 0.1) is 0 Å². The normalized spacial score (nSPS) is 12.1. The second-order valence-electron chi connectivity index (χ2n) is 5.70. The van der Waals surface area contributed by atoms with Gasteiger partial charge in [0.05, 0.1) is 6.10 Å². The summed E-state index contributed by atoms with van der Waals surface area (Å²) in [5, 5.41) is 11.0. The molecule has 2 aromatic carbocycles. The van der Waals surface area contributed by atoms with Crippen molar-refractivity contribution >= 4 is 5.97 Å². The number of carbonyl (C=O) groups is 1. The predicted octanol–water partition coefficient (Wildman–Crippen LogP) is 2.94. The number of benzene rings is 2. The summed E-state index contributed by atoms with van der Waals surface area (Å²) in [7, 11) is 0. The molecule has 22 heavy (non-hydrogen) atoms. The number of carbonyl (C=O) groups excluding carboxylic acids is 1. The Morgan fingerprint density at radius 2 is 1.68 bits per heavy atom. The van der Waals surface area contributed by atoms with Gasteiger partial charge in [0.2, 0.25) is 0 Å². The monoisotopic (exact) mass is 297 g/mol. The van der Waals surface area contributed by atoms with E-state index in [1.54, 1.807) is 0 Å². The first-order valence-corrected chi connectivity index (χ1v) is 7.55. The number of carboxylic acids is 1. The highest BCUT2D eigenvalue weighted by Crippen LogP contribution is 2.26. The fourth-order valence-corrected chi connectivity index (χ4v) is 2.50. The quantitative estimate of drug-likeness (QED) is 0.789. The first-order chi connectivity index (χ1) is 10.5. The van der Waals surface area contributed by atoms with E-state index in [9.17, 15) is 9.90 Å². The van der Waals surface area contributed by atoms with Crippen LogP contribution in [-0.2, 0) is 11.2 Å². The zero-order chi connectivity index (χ0) is 15.9. The Hall–Kier alpha value is -2.29. The largest absolute Gasteiger partial charge is 0.550 e. The summed E-state index contributed by atoms with van der Waals surface area (Å²) in [5.74, 6) is -0.324. The fourth-order valence-electron chi connectivity index (χ4n) is 2.50. The second kappa shape index (κ2) is 7.64. The van der Waals surface area contributed by atoms with Crippen LogP contribution in [0.4, 0.5) is 0 Å². The molecule has 0 aromatic heterocycles. The smallest absolute Gasteiger partial charge is 0.119 e.